The Hall–Kier alpha value is -0.640. The molecule has 0 aliphatic heterocycles. The molecule has 0 amide bonds. The lowest BCUT2D eigenvalue weighted by molar-refractivity contribution is 0.430. The molecule has 3 heteroatoms. The Morgan fingerprint density at radius 1 is 1.35 bits per heavy atom. The smallest absolute Gasteiger partial charge is 0.0731 e. The monoisotopic (exact) mass is 349 g/mol. The number of thiophene rings is 1. The zero-order valence-corrected chi connectivity index (χ0v) is 14.4. The third-order valence-electron chi connectivity index (χ3n) is 4.31. The highest BCUT2D eigenvalue weighted by atomic mass is 79.9. The molecule has 20 heavy (non-hydrogen) atoms. The number of likely N-dealkylation sites (N-methyl/N-ethyl adjacent to an activating group) is 1. The first-order valence-electron chi connectivity index (χ1n) is 7.21. The Kier molecular flexibility index (Phi) is 4.29. The molecule has 0 spiro atoms. The minimum atomic E-state index is 0.423. The average molecular weight is 350 g/mol. The van der Waals surface area contributed by atoms with Crippen molar-refractivity contribution in [2.24, 2.45) is 0 Å². The maximum atomic E-state index is 3.66. The highest BCUT2D eigenvalue weighted by Gasteiger charge is 2.29. The van der Waals surface area contributed by atoms with Crippen LogP contribution in [0.3, 0.4) is 0 Å². The summed E-state index contributed by atoms with van der Waals surface area (Å²) in [4.78, 5) is 1.44. The van der Waals surface area contributed by atoms with Gasteiger partial charge in [0.25, 0.3) is 0 Å². The standard InChI is InChI=1S/C17H20BrNS/c1-11-10-15(20-17(11)18)16(19-2)14-9-5-7-12-6-3-4-8-13(12)14/h3-4,6,8,10,14,16,19H,5,7,9H2,1-2H3. The molecule has 1 aliphatic rings. The SMILES string of the molecule is CNC(c1cc(C)c(Br)s1)C1CCCc2ccccc21. The number of fused-ring (bicyclic) bond motifs is 1. The van der Waals surface area contributed by atoms with Crippen molar-refractivity contribution in [3.05, 3.63) is 55.7 Å². The van der Waals surface area contributed by atoms with Crippen LogP contribution in [0.1, 0.15) is 46.4 Å². The molecule has 1 aromatic heterocycles. The number of rotatable bonds is 3. The molecule has 0 saturated carbocycles. The van der Waals surface area contributed by atoms with Crippen molar-refractivity contribution in [2.45, 2.75) is 38.1 Å². The zero-order chi connectivity index (χ0) is 14.1. The highest BCUT2D eigenvalue weighted by Crippen LogP contribution is 2.43. The molecule has 0 radical (unpaired) electrons. The summed E-state index contributed by atoms with van der Waals surface area (Å²) < 4.78 is 1.26. The van der Waals surface area contributed by atoms with E-state index < -0.39 is 0 Å². The predicted molar refractivity (Wildman–Crippen MR) is 90.7 cm³/mol. The molecular formula is C17H20BrNS. The van der Waals surface area contributed by atoms with Gasteiger partial charge in [-0.05, 0) is 71.9 Å². The summed E-state index contributed by atoms with van der Waals surface area (Å²) in [5, 5.41) is 3.56. The van der Waals surface area contributed by atoms with E-state index in [2.05, 4.69) is 65.5 Å². The summed E-state index contributed by atoms with van der Waals surface area (Å²) in [6, 6.07) is 11.7. The van der Waals surface area contributed by atoms with Crippen LogP contribution < -0.4 is 5.32 Å². The fraction of sp³-hybridized carbons (Fsp3) is 0.412. The van der Waals surface area contributed by atoms with Crippen molar-refractivity contribution in [3.8, 4) is 0 Å². The summed E-state index contributed by atoms with van der Waals surface area (Å²) in [6.45, 7) is 2.17. The molecule has 1 N–H and O–H groups in total. The Morgan fingerprint density at radius 3 is 2.85 bits per heavy atom. The fourth-order valence-corrected chi connectivity index (χ4v) is 5.06. The third kappa shape index (κ3) is 2.59. The molecule has 1 heterocycles. The summed E-state index contributed by atoms with van der Waals surface area (Å²) in [5.74, 6) is 0.592. The van der Waals surface area contributed by atoms with Crippen molar-refractivity contribution >= 4 is 27.3 Å². The van der Waals surface area contributed by atoms with Crippen molar-refractivity contribution in [1.82, 2.24) is 5.32 Å². The first kappa shape index (κ1) is 14.3. The lowest BCUT2D eigenvalue weighted by atomic mass is 9.78. The number of nitrogens with one attached hydrogen (secondary N) is 1. The molecule has 1 aliphatic carbocycles. The fourth-order valence-electron chi connectivity index (χ4n) is 3.32. The van der Waals surface area contributed by atoms with E-state index in [-0.39, 0.29) is 0 Å². The maximum absolute atomic E-state index is 3.66. The summed E-state index contributed by atoms with van der Waals surface area (Å²) >= 11 is 5.53. The first-order chi connectivity index (χ1) is 9.70. The van der Waals surface area contributed by atoms with Crippen LogP contribution in [0.5, 0.6) is 0 Å². The second-order valence-corrected chi connectivity index (χ2v) is 7.97. The lowest BCUT2D eigenvalue weighted by Crippen LogP contribution is -2.26. The summed E-state index contributed by atoms with van der Waals surface area (Å²) in [6.07, 6.45) is 3.80. The molecule has 1 aromatic carbocycles. The van der Waals surface area contributed by atoms with E-state index in [4.69, 9.17) is 0 Å². The van der Waals surface area contributed by atoms with Crippen molar-refractivity contribution in [1.29, 1.82) is 0 Å². The number of hydrogen-bond donors (Lipinski definition) is 1. The molecule has 2 aromatic rings. The van der Waals surface area contributed by atoms with E-state index in [0.717, 1.165) is 0 Å². The van der Waals surface area contributed by atoms with Crippen molar-refractivity contribution in [2.75, 3.05) is 7.05 Å². The summed E-state index contributed by atoms with van der Waals surface area (Å²) in [5.41, 5.74) is 4.42. The van der Waals surface area contributed by atoms with Gasteiger partial charge in [-0.15, -0.1) is 11.3 Å². The van der Waals surface area contributed by atoms with Crippen LogP contribution >= 0.6 is 27.3 Å². The van der Waals surface area contributed by atoms with Gasteiger partial charge in [-0.2, -0.15) is 0 Å². The first-order valence-corrected chi connectivity index (χ1v) is 8.82. The zero-order valence-electron chi connectivity index (χ0n) is 11.9. The number of halogens is 1. The summed E-state index contributed by atoms with van der Waals surface area (Å²) in [7, 11) is 2.09. The van der Waals surface area contributed by atoms with Gasteiger partial charge in [0, 0.05) is 16.8 Å². The second kappa shape index (κ2) is 6.00. The van der Waals surface area contributed by atoms with Crippen molar-refractivity contribution < 1.29 is 0 Å². The van der Waals surface area contributed by atoms with E-state index in [1.54, 1.807) is 5.56 Å². The van der Waals surface area contributed by atoms with Gasteiger partial charge in [-0.3, -0.25) is 0 Å². The normalized spacial score (nSPS) is 19.6. The average Bonchev–Trinajstić information content (AvgIpc) is 2.79. The van der Waals surface area contributed by atoms with Crippen LogP contribution in [0.25, 0.3) is 0 Å². The molecule has 0 saturated heterocycles. The number of benzene rings is 1. The molecule has 2 unspecified atom stereocenters. The van der Waals surface area contributed by atoms with Gasteiger partial charge in [0.2, 0.25) is 0 Å². The Bertz CT molecular complexity index is 585. The van der Waals surface area contributed by atoms with Gasteiger partial charge in [0.1, 0.15) is 0 Å². The maximum Gasteiger partial charge on any atom is 0.0731 e. The van der Waals surface area contributed by atoms with Crippen LogP contribution in [0.15, 0.2) is 34.1 Å². The van der Waals surface area contributed by atoms with Crippen LogP contribution in [-0.2, 0) is 6.42 Å². The number of aryl methyl sites for hydroxylation is 2. The van der Waals surface area contributed by atoms with E-state index in [9.17, 15) is 0 Å². The topological polar surface area (TPSA) is 12.0 Å². The second-order valence-electron chi connectivity index (χ2n) is 5.57. The molecule has 2 atom stereocenters. The van der Waals surface area contributed by atoms with E-state index >= 15 is 0 Å². The minimum Gasteiger partial charge on any atom is -0.312 e. The lowest BCUT2D eigenvalue weighted by Gasteiger charge is -2.31. The molecular weight excluding hydrogens is 330 g/mol. The number of hydrogen-bond acceptors (Lipinski definition) is 2. The Balaban J connectivity index is 1.98. The van der Waals surface area contributed by atoms with Crippen LogP contribution in [0.2, 0.25) is 0 Å². The Morgan fingerprint density at radius 2 is 2.15 bits per heavy atom. The van der Waals surface area contributed by atoms with Gasteiger partial charge in [-0.1, -0.05) is 24.3 Å². The van der Waals surface area contributed by atoms with Crippen LogP contribution in [-0.4, -0.2) is 7.05 Å². The van der Waals surface area contributed by atoms with Gasteiger partial charge in [-0.25, -0.2) is 0 Å². The van der Waals surface area contributed by atoms with Gasteiger partial charge < -0.3 is 5.32 Å². The largest absolute Gasteiger partial charge is 0.312 e. The minimum absolute atomic E-state index is 0.423. The van der Waals surface area contributed by atoms with Gasteiger partial charge >= 0.3 is 0 Å². The van der Waals surface area contributed by atoms with E-state index in [0.29, 0.717) is 12.0 Å². The van der Waals surface area contributed by atoms with Crippen LogP contribution in [0, 0.1) is 6.92 Å². The van der Waals surface area contributed by atoms with Gasteiger partial charge in [0.05, 0.1) is 3.79 Å². The molecule has 106 valence electrons. The molecule has 0 fully saturated rings. The molecule has 0 bridgehead atoms. The Labute approximate surface area is 133 Å². The highest BCUT2D eigenvalue weighted by molar-refractivity contribution is 9.11. The van der Waals surface area contributed by atoms with Crippen LogP contribution in [0.4, 0.5) is 0 Å². The quantitative estimate of drug-likeness (QED) is 0.802. The predicted octanol–water partition coefficient (Wildman–Crippen LogP) is 5.20. The third-order valence-corrected chi connectivity index (χ3v) is 6.53. The molecule has 3 rings (SSSR count). The van der Waals surface area contributed by atoms with Gasteiger partial charge in [0.15, 0.2) is 0 Å². The van der Waals surface area contributed by atoms with Crippen molar-refractivity contribution in [3.63, 3.8) is 0 Å². The van der Waals surface area contributed by atoms with E-state index in [1.165, 1.54) is 39.1 Å². The molecule has 1 nitrogen and oxygen atoms in total. The van der Waals surface area contributed by atoms with E-state index in [1.807, 2.05) is 11.3 Å².